The van der Waals surface area contributed by atoms with Gasteiger partial charge in [-0.2, -0.15) is 0 Å². The molecule has 0 aromatic heterocycles. The molecule has 1 aromatic carbocycles. The maximum Gasteiger partial charge on any atom is 0.292 e. The van der Waals surface area contributed by atoms with Crippen LogP contribution >= 0.6 is 0 Å². The van der Waals surface area contributed by atoms with Gasteiger partial charge in [0.2, 0.25) is 0 Å². The lowest BCUT2D eigenvalue weighted by atomic mass is 10.1. The van der Waals surface area contributed by atoms with Crippen LogP contribution in [0.3, 0.4) is 0 Å². The van der Waals surface area contributed by atoms with Crippen molar-refractivity contribution >= 4 is 11.4 Å². The maximum atomic E-state index is 11.1. The molecule has 0 bridgehead atoms. The summed E-state index contributed by atoms with van der Waals surface area (Å²) in [5.41, 5.74) is 1.78. The highest BCUT2D eigenvalue weighted by Gasteiger charge is 2.21. The Kier molecular flexibility index (Phi) is 4.34. The summed E-state index contributed by atoms with van der Waals surface area (Å²) in [4.78, 5) is 12.6. The molecule has 1 heterocycles. The second-order valence-electron chi connectivity index (χ2n) is 4.83. The van der Waals surface area contributed by atoms with Crippen molar-refractivity contribution < 1.29 is 9.66 Å². The Morgan fingerprint density at radius 1 is 1.58 bits per heavy atom. The zero-order chi connectivity index (χ0) is 13.8. The number of aryl methyl sites for hydroxylation is 1. The van der Waals surface area contributed by atoms with Gasteiger partial charge in [0, 0.05) is 32.7 Å². The Labute approximate surface area is 112 Å². The van der Waals surface area contributed by atoms with Crippen LogP contribution in [0, 0.1) is 17.0 Å². The minimum atomic E-state index is -0.342. The predicted molar refractivity (Wildman–Crippen MR) is 73.7 cm³/mol. The molecule has 0 radical (unpaired) electrons. The van der Waals surface area contributed by atoms with E-state index in [-0.39, 0.29) is 16.7 Å². The van der Waals surface area contributed by atoms with E-state index in [4.69, 9.17) is 4.74 Å². The van der Waals surface area contributed by atoms with Gasteiger partial charge in [0.25, 0.3) is 5.69 Å². The molecular weight excluding hydrogens is 246 g/mol. The number of morpholine rings is 1. The summed E-state index contributed by atoms with van der Waals surface area (Å²) in [7, 11) is 1.86. The van der Waals surface area contributed by atoms with Crippen molar-refractivity contribution in [3.05, 3.63) is 33.9 Å². The van der Waals surface area contributed by atoms with Gasteiger partial charge in [0.15, 0.2) is 0 Å². The third-order valence-electron chi connectivity index (χ3n) is 3.22. The van der Waals surface area contributed by atoms with E-state index >= 15 is 0 Å². The number of hydrogen-bond donors (Lipinski definition) is 1. The Hall–Kier alpha value is -1.66. The average molecular weight is 265 g/mol. The quantitative estimate of drug-likeness (QED) is 0.657. The zero-order valence-corrected chi connectivity index (χ0v) is 11.3. The third kappa shape index (κ3) is 3.42. The van der Waals surface area contributed by atoms with Crippen molar-refractivity contribution in [1.82, 2.24) is 5.32 Å². The first-order chi connectivity index (χ1) is 9.08. The lowest BCUT2D eigenvalue weighted by molar-refractivity contribution is -0.384. The number of nitro groups is 1. The molecule has 6 nitrogen and oxygen atoms in total. The average Bonchev–Trinajstić information content (AvgIpc) is 2.39. The highest BCUT2D eigenvalue weighted by atomic mass is 16.6. The number of likely N-dealkylation sites (N-methyl/N-ethyl adjacent to an activating group) is 1. The highest BCUT2D eigenvalue weighted by Crippen LogP contribution is 2.28. The number of benzene rings is 1. The molecule has 1 atom stereocenters. The molecule has 1 aromatic rings. The molecule has 0 spiro atoms. The fourth-order valence-electron chi connectivity index (χ4n) is 2.23. The van der Waals surface area contributed by atoms with Crippen molar-refractivity contribution in [2.75, 3.05) is 38.2 Å². The normalized spacial score (nSPS) is 19.2. The molecule has 104 valence electrons. The van der Waals surface area contributed by atoms with E-state index in [0.717, 1.165) is 18.7 Å². The number of nitrogens with one attached hydrogen (secondary N) is 1. The number of rotatable bonds is 4. The topological polar surface area (TPSA) is 67.6 Å². The molecule has 1 saturated heterocycles. The molecule has 1 N–H and O–H groups in total. The van der Waals surface area contributed by atoms with Gasteiger partial charge in [-0.3, -0.25) is 10.1 Å². The van der Waals surface area contributed by atoms with E-state index in [2.05, 4.69) is 5.32 Å². The van der Waals surface area contributed by atoms with Crippen molar-refractivity contribution in [3.63, 3.8) is 0 Å². The van der Waals surface area contributed by atoms with E-state index in [9.17, 15) is 10.1 Å². The fourth-order valence-corrected chi connectivity index (χ4v) is 2.23. The van der Waals surface area contributed by atoms with Crippen LogP contribution in [-0.2, 0) is 4.74 Å². The summed E-state index contributed by atoms with van der Waals surface area (Å²) in [5.74, 6) is 0. The summed E-state index contributed by atoms with van der Waals surface area (Å²) < 4.78 is 5.63. The lowest BCUT2D eigenvalue weighted by Gasteiger charge is -2.29. The first-order valence-electron chi connectivity index (χ1n) is 6.36. The van der Waals surface area contributed by atoms with Crippen LogP contribution in [-0.4, -0.2) is 44.3 Å². The van der Waals surface area contributed by atoms with Gasteiger partial charge in [0.1, 0.15) is 5.69 Å². The second kappa shape index (κ2) is 5.99. The van der Waals surface area contributed by atoms with E-state index < -0.39 is 0 Å². The van der Waals surface area contributed by atoms with Crippen molar-refractivity contribution in [2.45, 2.75) is 13.0 Å². The summed E-state index contributed by atoms with van der Waals surface area (Å²) in [6.45, 7) is 4.90. The van der Waals surface area contributed by atoms with Gasteiger partial charge in [-0.25, -0.2) is 0 Å². The number of hydrogen-bond acceptors (Lipinski definition) is 5. The summed E-state index contributed by atoms with van der Waals surface area (Å²) in [6.07, 6.45) is 0.0684. The van der Waals surface area contributed by atoms with Gasteiger partial charge in [-0.1, -0.05) is 6.07 Å². The molecule has 6 heteroatoms. The van der Waals surface area contributed by atoms with Gasteiger partial charge in [0.05, 0.1) is 17.6 Å². The molecule has 1 aliphatic heterocycles. The van der Waals surface area contributed by atoms with E-state index in [1.54, 1.807) is 12.1 Å². The highest BCUT2D eigenvalue weighted by molar-refractivity contribution is 5.64. The van der Waals surface area contributed by atoms with Crippen LogP contribution in [0.4, 0.5) is 11.4 Å². The maximum absolute atomic E-state index is 11.1. The Morgan fingerprint density at radius 3 is 3.00 bits per heavy atom. The number of ether oxygens (including phenoxy) is 1. The van der Waals surface area contributed by atoms with Gasteiger partial charge < -0.3 is 15.0 Å². The van der Waals surface area contributed by atoms with Crippen molar-refractivity contribution in [3.8, 4) is 0 Å². The van der Waals surface area contributed by atoms with E-state index in [1.165, 1.54) is 0 Å². The molecule has 1 fully saturated rings. The minimum Gasteiger partial charge on any atom is -0.374 e. The second-order valence-corrected chi connectivity index (χ2v) is 4.83. The molecule has 0 aliphatic carbocycles. The van der Waals surface area contributed by atoms with Crippen LogP contribution in [0.25, 0.3) is 0 Å². The van der Waals surface area contributed by atoms with Gasteiger partial charge in [-0.15, -0.1) is 0 Å². The van der Waals surface area contributed by atoms with Crippen LogP contribution < -0.4 is 10.2 Å². The van der Waals surface area contributed by atoms with Gasteiger partial charge >= 0.3 is 0 Å². The van der Waals surface area contributed by atoms with Crippen LogP contribution in [0.5, 0.6) is 0 Å². The SMILES string of the molecule is Cc1ccc([N+](=O)[O-])c(N(C)CC2CNCCO2)c1. The van der Waals surface area contributed by atoms with Crippen LogP contribution in [0.15, 0.2) is 18.2 Å². The first-order valence-corrected chi connectivity index (χ1v) is 6.36. The number of nitro benzene ring substituents is 1. The van der Waals surface area contributed by atoms with Gasteiger partial charge in [-0.05, 0) is 18.6 Å². The summed E-state index contributed by atoms with van der Waals surface area (Å²) in [5, 5.41) is 14.3. The molecule has 0 amide bonds. The molecular formula is C13H19N3O3. The lowest BCUT2D eigenvalue weighted by Crippen LogP contribution is -2.44. The summed E-state index contributed by atoms with van der Waals surface area (Å²) >= 11 is 0. The third-order valence-corrected chi connectivity index (χ3v) is 3.22. The molecule has 1 unspecified atom stereocenters. The number of nitrogens with zero attached hydrogens (tertiary/aromatic N) is 2. The standard InChI is InChI=1S/C13H19N3O3/c1-10-3-4-12(16(17)18)13(7-10)15(2)9-11-8-14-5-6-19-11/h3-4,7,11,14H,5-6,8-9H2,1-2H3. The first kappa shape index (κ1) is 13.8. The molecule has 0 saturated carbocycles. The summed E-state index contributed by atoms with van der Waals surface area (Å²) in [6, 6.07) is 5.16. The smallest absolute Gasteiger partial charge is 0.292 e. The zero-order valence-electron chi connectivity index (χ0n) is 11.3. The monoisotopic (exact) mass is 265 g/mol. The fraction of sp³-hybridized carbons (Fsp3) is 0.538. The van der Waals surface area contributed by atoms with Crippen LogP contribution in [0.1, 0.15) is 5.56 Å². The van der Waals surface area contributed by atoms with Crippen molar-refractivity contribution in [1.29, 1.82) is 0 Å². The number of anilines is 1. The largest absolute Gasteiger partial charge is 0.374 e. The van der Waals surface area contributed by atoms with E-state index in [1.807, 2.05) is 24.9 Å². The Balaban J connectivity index is 2.14. The Bertz CT molecular complexity index is 458. The van der Waals surface area contributed by atoms with Crippen molar-refractivity contribution in [2.24, 2.45) is 0 Å². The Morgan fingerprint density at radius 2 is 2.37 bits per heavy atom. The minimum absolute atomic E-state index is 0.0684. The molecule has 2 rings (SSSR count). The van der Waals surface area contributed by atoms with Crippen LogP contribution in [0.2, 0.25) is 0 Å². The molecule has 19 heavy (non-hydrogen) atoms. The molecule has 1 aliphatic rings. The van der Waals surface area contributed by atoms with E-state index in [0.29, 0.717) is 18.8 Å². The predicted octanol–water partition coefficient (Wildman–Crippen LogP) is 1.33.